The lowest BCUT2D eigenvalue weighted by molar-refractivity contribution is -0.119. The van der Waals surface area contributed by atoms with Crippen molar-refractivity contribution in [3.8, 4) is 0 Å². The molecule has 0 bridgehead atoms. The molecule has 5 nitrogen and oxygen atoms in total. The van der Waals surface area contributed by atoms with Crippen molar-refractivity contribution in [2.24, 2.45) is 5.92 Å². The first-order valence-corrected chi connectivity index (χ1v) is 10.7. The summed E-state index contributed by atoms with van der Waals surface area (Å²) >= 11 is 1.65. The first-order chi connectivity index (χ1) is 13.5. The maximum atomic E-state index is 13.3. The van der Waals surface area contributed by atoms with Gasteiger partial charge in [0.15, 0.2) is 0 Å². The molecule has 1 unspecified atom stereocenters. The Labute approximate surface area is 168 Å². The lowest BCUT2D eigenvalue weighted by atomic mass is 9.89. The Hall–Kier alpha value is -2.47. The summed E-state index contributed by atoms with van der Waals surface area (Å²) in [6, 6.07) is 9.57. The van der Waals surface area contributed by atoms with Crippen LogP contribution in [0.4, 0.5) is 5.69 Å². The molecule has 0 saturated carbocycles. The molecule has 1 aromatic carbocycles. The first kappa shape index (κ1) is 18.9. The van der Waals surface area contributed by atoms with Gasteiger partial charge in [0, 0.05) is 17.1 Å². The number of anilines is 1. The van der Waals surface area contributed by atoms with Crippen LogP contribution in [-0.4, -0.2) is 22.0 Å². The molecular formula is C22H25N3O2S. The maximum Gasteiger partial charge on any atom is 0.263 e. The second-order valence-corrected chi connectivity index (χ2v) is 8.64. The molecule has 0 aliphatic heterocycles. The van der Waals surface area contributed by atoms with Crippen LogP contribution in [-0.2, 0) is 24.2 Å². The van der Waals surface area contributed by atoms with Gasteiger partial charge >= 0.3 is 0 Å². The Balaban J connectivity index is 1.73. The fraction of sp³-hybridized carbons (Fsp3) is 0.409. The molecule has 1 atom stereocenters. The Morgan fingerprint density at radius 3 is 2.79 bits per heavy atom. The number of hydrogen-bond acceptors (Lipinski definition) is 4. The number of fused-ring (bicyclic) bond motifs is 3. The SMILES string of the molecule is CCN(C(=O)Cn1c(C)nc2sc3c(c2c1=O)CCC(C)C3)c1ccccc1. The summed E-state index contributed by atoms with van der Waals surface area (Å²) < 4.78 is 1.54. The number of rotatable bonds is 4. The molecule has 4 rings (SSSR count). The standard InChI is InChI=1S/C22H25N3O2S/c1-4-24(16-8-6-5-7-9-16)19(26)13-25-15(3)23-21-20(22(25)27)17-11-10-14(2)12-18(17)28-21/h5-9,14H,4,10-13H2,1-3H3. The van der Waals surface area contributed by atoms with E-state index >= 15 is 0 Å². The number of carbonyl (C=O) groups is 1. The van der Waals surface area contributed by atoms with E-state index in [-0.39, 0.29) is 18.0 Å². The number of amides is 1. The van der Waals surface area contributed by atoms with Gasteiger partial charge in [-0.15, -0.1) is 11.3 Å². The largest absolute Gasteiger partial charge is 0.311 e. The molecule has 3 aromatic rings. The van der Waals surface area contributed by atoms with Crippen molar-refractivity contribution in [3.05, 3.63) is 57.0 Å². The summed E-state index contributed by atoms with van der Waals surface area (Å²) in [5.74, 6) is 1.15. The Bertz CT molecular complexity index is 1080. The Morgan fingerprint density at radius 2 is 2.07 bits per heavy atom. The monoisotopic (exact) mass is 395 g/mol. The molecule has 1 aliphatic rings. The van der Waals surface area contributed by atoms with Gasteiger partial charge in [0.2, 0.25) is 5.91 Å². The van der Waals surface area contributed by atoms with Gasteiger partial charge in [-0.3, -0.25) is 14.2 Å². The smallest absolute Gasteiger partial charge is 0.263 e. The van der Waals surface area contributed by atoms with Gasteiger partial charge < -0.3 is 4.90 Å². The van der Waals surface area contributed by atoms with E-state index in [2.05, 4.69) is 11.9 Å². The van der Waals surface area contributed by atoms with E-state index in [1.807, 2.05) is 44.2 Å². The molecule has 0 fully saturated rings. The quantitative estimate of drug-likeness (QED) is 0.672. The van der Waals surface area contributed by atoms with E-state index in [0.29, 0.717) is 18.3 Å². The highest BCUT2D eigenvalue weighted by molar-refractivity contribution is 7.18. The van der Waals surface area contributed by atoms with Crippen LogP contribution in [0.3, 0.4) is 0 Å². The highest BCUT2D eigenvalue weighted by Crippen LogP contribution is 2.35. The van der Waals surface area contributed by atoms with Crippen LogP contribution in [0.5, 0.6) is 0 Å². The summed E-state index contributed by atoms with van der Waals surface area (Å²) in [6.45, 7) is 6.58. The van der Waals surface area contributed by atoms with Crippen molar-refractivity contribution in [2.45, 2.75) is 46.6 Å². The second kappa shape index (κ2) is 7.51. The molecule has 1 aliphatic carbocycles. The summed E-state index contributed by atoms with van der Waals surface area (Å²) in [5, 5.41) is 0.730. The molecular weight excluding hydrogens is 370 g/mol. The zero-order chi connectivity index (χ0) is 19.8. The van der Waals surface area contributed by atoms with E-state index in [1.165, 1.54) is 4.88 Å². The minimum Gasteiger partial charge on any atom is -0.311 e. The van der Waals surface area contributed by atoms with Crippen molar-refractivity contribution in [1.29, 1.82) is 0 Å². The van der Waals surface area contributed by atoms with Crippen LogP contribution in [0, 0.1) is 12.8 Å². The molecule has 2 heterocycles. The van der Waals surface area contributed by atoms with E-state index in [4.69, 9.17) is 0 Å². The number of aromatic nitrogens is 2. The van der Waals surface area contributed by atoms with Crippen LogP contribution in [0.2, 0.25) is 0 Å². The number of hydrogen-bond donors (Lipinski definition) is 0. The number of nitrogens with zero attached hydrogens (tertiary/aromatic N) is 3. The number of likely N-dealkylation sites (N-methyl/N-ethyl adjacent to an activating group) is 1. The third-order valence-corrected chi connectivity index (χ3v) is 6.73. The third-order valence-electron chi connectivity index (χ3n) is 5.58. The molecule has 0 N–H and O–H groups in total. The molecule has 28 heavy (non-hydrogen) atoms. The van der Waals surface area contributed by atoms with Crippen LogP contribution < -0.4 is 10.5 Å². The van der Waals surface area contributed by atoms with Crippen molar-refractivity contribution in [3.63, 3.8) is 0 Å². The zero-order valence-electron chi connectivity index (χ0n) is 16.6. The van der Waals surface area contributed by atoms with Gasteiger partial charge in [0.1, 0.15) is 17.2 Å². The summed E-state index contributed by atoms with van der Waals surface area (Å²) in [7, 11) is 0. The third kappa shape index (κ3) is 3.26. The van der Waals surface area contributed by atoms with Crippen LogP contribution in [0.25, 0.3) is 10.2 Å². The lowest BCUT2D eigenvalue weighted by Crippen LogP contribution is -2.37. The minimum absolute atomic E-state index is 0.0113. The average Bonchev–Trinajstić information content (AvgIpc) is 3.03. The Morgan fingerprint density at radius 1 is 1.32 bits per heavy atom. The molecule has 0 saturated heterocycles. The highest BCUT2D eigenvalue weighted by atomic mass is 32.1. The van der Waals surface area contributed by atoms with Crippen LogP contribution >= 0.6 is 11.3 Å². The molecule has 1 amide bonds. The van der Waals surface area contributed by atoms with Crippen LogP contribution in [0.15, 0.2) is 35.1 Å². The Kier molecular flexibility index (Phi) is 5.06. The molecule has 6 heteroatoms. The summed E-state index contributed by atoms with van der Waals surface area (Å²) in [4.78, 5) is 34.8. The second-order valence-electron chi connectivity index (χ2n) is 7.56. The number of carbonyl (C=O) groups excluding carboxylic acids is 1. The van der Waals surface area contributed by atoms with Gasteiger partial charge in [-0.1, -0.05) is 25.1 Å². The summed E-state index contributed by atoms with van der Waals surface area (Å²) in [6.07, 6.45) is 3.05. The molecule has 0 radical (unpaired) electrons. The van der Waals surface area contributed by atoms with E-state index in [1.54, 1.807) is 20.8 Å². The van der Waals surface area contributed by atoms with Crippen molar-refractivity contribution < 1.29 is 4.79 Å². The van der Waals surface area contributed by atoms with Crippen molar-refractivity contribution in [1.82, 2.24) is 9.55 Å². The van der Waals surface area contributed by atoms with Crippen molar-refractivity contribution in [2.75, 3.05) is 11.4 Å². The normalized spacial score (nSPS) is 16.2. The predicted molar refractivity (Wildman–Crippen MR) is 114 cm³/mol. The first-order valence-electron chi connectivity index (χ1n) is 9.86. The molecule has 2 aromatic heterocycles. The van der Waals surface area contributed by atoms with E-state index < -0.39 is 0 Å². The van der Waals surface area contributed by atoms with Gasteiger partial charge in [-0.05, 0) is 56.7 Å². The van der Waals surface area contributed by atoms with Gasteiger partial charge in [0.05, 0.1) is 5.39 Å². The fourth-order valence-corrected chi connectivity index (χ4v) is 5.46. The van der Waals surface area contributed by atoms with Crippen LogP contribution in [0.1, 0.15) is 36.5 Å². The maximum absolute atomic E-state index is 13.3. The number of benzene rings is 1. The van der Waals surface area contributed by atoms with Crippen molar-refractivity contribution >= 4 is 33.1 Å². The molecule has 146 valence electrons. The lowest BCUT2D eigenvalue weighted by Gasteiger charge is -2.22. The number of para-hydroxylation sites is 1. The molecule has 0 spiro atoms. The predicted octanol–water partition coefficient (Wildman–Crippen LogP) is 3.94. The van der Waals surface area contributed by atoms with Gasteiger partial charge in [-0.25, -0.2) is 4.98 Å². The van der Waals surface area contributed by atoms with E-state index in [0.717, 1.165) is 40.7 Å². The van der Waals surface area contributed by atoms with Gasteiger partial charge in [-0.2, -0.15) is 0 Å². The highest BCUT2D eigenvalue weighted by Gasteiger charge is 2.25. The van der Waals surface area contributed by atoms with Gasteiger partial charge in [0.25, 0.3) is 5.56 Å². The average molecular weight is 396 g/mol. The topological polar surface area (TPSA) is 55.2 Å². The minimum atomic E-state index is -0.0993. The fourth-order valence-electron chi connectivity index (χ4n) is 4.04. The summed E-state index contributed by atoms with van der Waals surface area (Å²) in [5.41, 5.74) is 1.93. The van der Waals surface area contributed by atoms with E-state index in [9.17, 15) is 9.59 Å². The number of thiophene rings is 1. The number of aryl methyl sites for hydroxylation is 2. The zero-order valence-corrected chi connectivity index (χ0v) is 17.4.